The summed E-state index contributed by atoms with van der Waals surface area (Å²) < 4.78 is 13.0. The van der Waals surface area contributed by atoms with E-state index in [0.717, 1.165) is 26.1 Å². The van der Waals surface area contributed by atoms with Crippen LogP contribution in [-0.4, -0.2) is 25.0 Å². The molecule has 0 fully saturated rings. The minimum atomic E-state index is -0.477. The molecule has 32 heavy (non-hydrogen) atoms. The molecule has 0 aliphatic rings. The summed E-state index contributed by atoms with van der Waals surface area (Å²) in [7, 11) is 0. The van der Waals surface area contributed by atoms with Crippen LogP contribution in [0.1, 0.15) is 30.6 Å². The smallest absolute Gasteiger partial charge is 0.276 e. The van der Waals surface area contributed by atoms with Crippen LogP contribution in [-0.2, 0) is 4.79 Å². The fraction of sp³-hybridized carbons (Fsp3) is 0.250. The normalized spacial score (nSPS) is 10.8. The molecule has 0 saturated carbocycles. The largest absolute Gasteiger partial charge is 0.494 e. The lowest BCUT2D eigenvalue weighted by Gasteiger charge is -2.12. The van der Waals surface area contributed by atoms with Gasteiger partial charge in [-0.3, -0.25) is 20.4 Å². The van der Waals surface area contributed by atoms with Crippen LogP contribution < -0.4 is 20.3 Å². The van der Waals surface area contributed by atoms with Crippen LogP contribution in [0.4, 0.5) is 0 Å². The Morgan fingerprint density at radius 1 is 0.938 bits per heavy atom. The van der Waals surface area contributed by atoms with Gasteiger partial charge in [-0.25, -0.2) is 0 Å². The molecule has 0 aliphatic carbocycles. The predicted molar refractivity (Wildman–Crippen MR) is 132 cm³/mol. The number of hydrogen-bond acceptors (Lipinski definition) is 4. The molecule has 0 unspecified atom stereocenters. The molecule has 0 aliphatic heterocycles. The summed E-state index contributed by atoms with van der Waals surface area (Å²) in [5, 5.41) is 2.00. The number of nitrogens with one attached hydrogen (secondary N) is 2. The zero-order chi connectivity index (χ0) is 23.1. The minimum absolute atomic E-state index is 0.246. The van der Waals surface area contributed by atoms with E-state index >= 15 is 0 Å². The van der Waals surface area contributed by atoms with Crippen molar-refractivity contribution < 1.29 is 19.1 Å². The van der Waals surface area contributed by atoms with Crippen LogP contribution >= 0.6 is 31.9 Å². The molecule has 8 heteroatoms. The molecule has 0 atom stereocenters. The highest BCUT2D eigenvalue weighted by Gasteiger charge is 2.11. The fourth-order valence-electron chi connectivity index (χ4n) is 2.85. The lowest BCUT2D eigenvalue weighted by atomic mass is 10.1. The van der Waals surface area contributed by atoms with E-state index in [1.807, 2.05) is 24.3 Å². The number of amides is 2. The molecule has 2 N–H and O–H groups in total. The molecule has 0 aromatic heterocycles. The first-order valence-corrected chi connectivity index (χ1v) is 11.7. The van der Waals surface area contributed by atoms with Crippen molar-refractivity contribution in [3.63, 3.8) is 0 Å². The summed E-state index contributed by atoms with van der Waals surface area (Å²) in [6.45, 7) is 4.65. The van der Waals surface area contributed by atoms with Crippen molar-refractivity contribution >= 4 is 54.4 Å². The standard InChI is InChI=1S/C24H24Br2N2O4/c1-15(2)11-12-31-19-7-3-16(4-8-19)24(30)28-27-22(29)14-32-21-10-5-17-13-18(25)6-9-20(17)23(21)26/h3-10,13,15H,11-12,14H2,1-2H3,(H,27,29)(H,28,30). The zero-order valence-corrected chi connectivity index (χ0v) is 21.0. The van der Waals surface area contributed by atoms with Crippen molar-refractivity contribution in [1.29, 1.82) is 0 Å². The number of rotatable bonds is 8. The summed E-state index contributed by atoms with van der Waals surface area (Å²) in [5.74, 6) is 0.902. The van der Waals surface area contributed by atoms with Gasteiger partial charge in [-0.2, -0.15) is 0 Å². The molecular weight excluding hydrogens is 540 g/mol. The van der Waals surface area contributed by atoms with Crippen LogP contribution in [0.5, 0.6) is 11.5 Å². The van der Waals surface area contributed by atoms with E-state index in [4.69, 9.17) is 9.47 Å². The molecule has 3 rings (SSSR count). The Hall–Kier alpha value is -2.58. The van der Waals surface area contributed by atoms with Crippen molar-refractivity contribution in [2.24, 2.45) is 5.92 Å². The van der Waals surface area contributed by atoms with Crippen molar-refractivity contribution in [1.82, 2.24) is 10.9 Å². The fourth-order valence-corrected chi connectivity index (χ4v) is 3.83. The van der Waals surface area contributed by atoms with Crippen molar-refractivity contribution in [2.75, 3.05) is 13.2 Å². The van der Waals surface area contributed by atoms with Gasteiger partial charge in [0.05, 0.1) is 11.1 Å². The molecule has 0 bridgehead atoms. The number of fused-ring (bicyclic) bond motifs is 1. The maximum absolute atomic E-state index is 12.2. The second kappa shape index (κ2) is 11.3. The number of hydrazine groups is 1. The minimum Gasteiger partial charge on any atom is -0.494 e. The van der Waals surface area contributed by atoms with Crippen LogP contribution in [0.3, 0.4) is 0 Å². The van der Waals surface area contributed by atoms with E-state index in [-0.39, 0.29) is 6.61 Å². The first-order chi connectivity index (χ1) is 15.3. The SMILES string of the molecule is CC(C)CCOc1ccc(C(=O)NNC(=O)COc2ccc3cc(Br)ccc3c2Br)cc1. The van der Waals surface area contributed by atoms with Crippen LogP contribution in [0.25, 0.3) is 10.8 Å². The van der Waals surface area contributed by atoms with Gasteiger partial charge in [0.15, 0.2) is 6.61 Å². The monoisotopic (exact) mass is 562 g/mol. The van der Waals surface area contributed by atoms with E-state index in [9.17, 15) is 9.59 Å². The summed E-state index contributed by atoms with van der Waals surface area (Å²) in [5.41, 5.74) is 5.16. The molecule has 0 spiro atoms. The van der Waals surface area contributed by atoms with Gasteiger partial charge in [-0.05, 0) is 81.5 Å². The second-order valence-corrected chi connectivity index (χ2v) is 9.30. The molecule has 2 amide bonds. The zero-order valence-electron chi connectivity index (χ0n) is 17.8. The third kappa shape index (κ3) is 6.71. The third-order valence-electron chi connectivity index (χ3n) is 4.64. The van der Waals surface area contributed by atoms with Crippen molar-refractivity contribution in [3.05, 3.63) is 69.1 Å². The van der Waals surface area contributed by atoms with Crippen molar-refractivity contribution in [3.8, 4) is 11.5 Å². The highest BCUT2D eigenvalue weighted by Crippen LogP contribution is 2.34. The van der Waals surface area contributed by atoms with Gasteiger partial charge >= 0.3 is 0 Å². The van der Waals surface area contributed by atoms with Crippen LogP contribution in [0, 0.1) is 5.92 Å². The highest BCUT2D eigenvalue weighted by molar-refractivity contribution is 9.11. The van der Waals surface area contributed by atoms with Gasteiger partial charge in [-0.15, -0.1) is 0 Å². The first-order valence-electron chi connectivity index (χ1n) is 10.2. The molecule has 0 radical (unpaired) electrons. The number of carbonyl (C=O) groups is 2. The van der Waals surface area contributed by atoms with Gasteiger partial charge in [-0.1, -0.05) is 41.9 Å². The predicted octanol–water partition coefficient (Wildman–Crippen LogP) is 5.63. The van der Waals surface area contributed by atoms with Gasteiger partial charge in [0.25, 0.3) is 11.8 Å². The van der Waals surface area contributed by atoms with Crippen LogP contribution in [0.2, 0.25) is 0 Å². The Balaban J connectivity index is 1.47. The molecule has 168 valence electrons. The van der Waals surface area contributed by atoms with Gasteiger partial charge in [0.2, 0.25) is 0 Å². The van der Waals surface area contributed by atoms with Gasteiger partial charge in [0, 0.05) is 10.0 Å². The number of carbonyl (C=O) groups excluding carboxylic acids is 2. The summed E-state index contributed by atoms with van der Waals surface area (Å²) in [4.78, 5) is 24.4. The molecular formula is C24H24Br2N2O4. The maximum atomic E-state index is 12.2. The summed E-state index contributed by atoms with van der Waals surface area (Å²) in [6.07, 6.45) is 0.962. The van der Waals surface area contributed by atoms with Crippen LogP contribution in [0.15, 0.2) is 63.5 Å². The Morgan fingerprint density at radius 2 is 1.69 bits per heavy atom. The lowest BCUT2D eigenvalue weighted by Crippen LogP contribution is -2.43. The summed E-state index contributed by atoms with van der Waals surface area (Å²) in [6, 6.07) is 16.3. The topological polar surface area (TPSA) is 76.7 Å². The van der Waals surface area contributed by atoms with Crippen molar-refractivity contribution in [2.45, 2.75) is 20.3 Å². The lowest BCUT2D eigenvalue weighted by molar-refractivity contribution is -0.123. The molecule has 3 aromatic rings. The van der Waals surface area contributed by atoms with Gasteiger partial charge < -0.3 is 9.47 Å². The Kier molecular flexibility index (Phi) is 8.53. The average molecular weight is 564 g/mol. The number of ether oxygens (including phenoxy) is 2. The number of hydrogen-bond donors (Lipinski definition) is 2. The molecule has 0 heterocycles. The molecule has 3 aromatic carbocycles. The highest BCUT2D eigenvalue weighted by atomic mass is 79.9. The first kappa shape index (κ1) is 24.1. The number of halogens is 2. The van der Waals surface area contributed by atoms with E-state index in [2.05, 4.69) is 56.6 Å². The quantitative estimate of drug-likeness (QED) is 0.348. The van der Waals surface area contributed by atoms with E-state index < -0.39 is 11.8 Å². The second-order valence-electron chi connectivity index (χ2n) is 7.59. The molecule has 0 saturated heterocycles. The Labute approximate surface area is 203 Å². The maximum Gasteiger partial charge on any atom is 0.276 e. The Morgan fingerprint density at radius 3 is 2.41 bits per heavy atom. The van der Waals surface area contributed by atoms with E-state index in [0.29, 0.717) is 29.6 Å². The average Bonchev–Trinajstić information content (AvgIpc) is 2.77. The Bertz CT molecular complexity index is 1100. The molecule has 6 nitrogen and oxygen atoms in total. The number of benzene rings is 3. The third-order valence-corrected chi connectivity index (χ3v) is 5.95. The van der Waals surface area contributed by atoms with E-state index in [1.165, 1.54) is 0 Å². The van der Waals surface area contributed by atoms with E-state index in [1.54, 1.807) is 30.3 Å². The van der Waals surface area contributed by atoms with Gasteiger partial charge in [0.1, 0.15) is 11.5 Å². The summed E-state index contributed by atoms with van der Waals surface area (Å²) >= 11 is 6.97.